The summed E-state index contributed by atoms with van der Waals surface area (Å²) in [5.41, 5.74) is 2.45. The van der Waals surface area contributed by atoms with Gasteiger partial charge >= 0.3 is 0 Å². The maximum atomic E-state index is 13.1. The van der Waals surface area contributed by atoms with Gasteiger partial charge in [0.1, 0.15) is 0 Å². The average molecular weight is 550 g/mol. The number of aromatic hydroxyl groups is 1. The van der Waals surface area contributed by atoms with E-state index in [1.54, 1.807) is 37.3 Å². The van der Waals surface area contributed by atoms with E-state index >= 15 is 0 Å². The molecule has 1 atom stereocenters. The molecule has 36 heavy (non-hydrogen) atoms. The topological polar surface area (TPSA) is 105 Å². The van der Waals surface area contributed by atoms with E-state index < -0.39 is 5.56 Å². The van der Waals surface area contributed by atoms with Gasteiger partial charge in [-0.15, -0.1) is 0 Å². The highest BCUT2D eigenvalue weighted by atomic mass is 35.5. The van der Waals surface area contributed by atoms with Crippen molar-refractivity contribution >= 4 is 40.9 Å². The summed E-state index contributed by atoms with van der Waals surface area (Å²) >= 11 is 13.0. The van der Waals surface area contributed by atoms with E-state index in [1.807, 2.05) is 19.1 Å². The first-order valence-corrected chi connectivity index (χ1v) is 12.9. The predicted octanol–water partition coefficient (Wildman–Crippen LogP) is 4.63. The van der Waals surface area contributed by atoms with E-state index in [4.69, 9.17) is 32.7 Å². The van der Waals surface area contributed by atoms with Crippen molar-refractivity contribution in [3.8, 4) is 17.4 Å². The molecule has 2 aromatic carbocycles. The molecule has 0 aliphatic carbocycles. The van der Waals surface area contributed by atoms with Gasteiger partial charge in [-0.25, -0.2) is 0 Å². The average Bonchev–Trinajstić information content (AvgIpc) is 2.86. The molecule has 1 aromatic heterocycles. The van der Waals surface area contributed by atoms with Gasteiger partial charge in [-0.05, 0) is 54.3 Å². The van der Waals surface area contributed by atoms with Crippen LogP contribution >= 0.6 is 35.0 Å². The molecule has 0 unspecified atom stereocenters. The normalized spacial score (nSPS) is 14.9. The molecule has 190 valence electrons. The summed E-state index contributed by atoms with van der Waals surface area (Å²) in [4.78, 5) is 34.2. The Kier molecular flexibility index (Phi) is 8.02. The van der Waals surface area contributed by atoms with Crippen molar-refractivity contribution in [2.45, 2.75) is 31.0 Å². The number of aromatic amines is 1. The molecular weight excluding hydrogens is 525 g/mol. The van der Waals surface area contributed by atoms with Crippen molar-refractivity contribution < 1.29 is 19.4 Å². The predicted molar refractivity (Wildman–Crippen MR) is 140 cm³/mol. The molecule has 2 heterocycles. The van der Waals surface area contributed by atoms with E-state index in [9.17, 15) is 14.7 Å². The molecule has 1 amide bonds. The summed E-state index contributed by atoms with van der Waals surface area (Å²) in [5, 5.41) is 11.3. The molecule has 3 aromatic rings. The Bertz CT molecular complexity index is 1360. The van der Waals surface area contributed by atoms with E-state index in [-0.39, 0.29) is 40.7 Å². The quantitative estimate of drug-likeness (QED) is 0.327. The number of fused-ring (bicyclic) bond motifs is 1. The summed E-state index contributed by atoms with van der Waals surface area (Å²) in [6, 6.07) is 8.69. The number of aromatic nitrogens is 2. The maximum absolute atomic E-state index is 13.1. The highest BCUT2D eigenvalue weighted by Gasteiger charge is 2.29. The molecule has 1 aliphatic heterocycles. The number of H-pyrrole nitrogens is 1. The van der Waals surface area contributed by atoms with E-state index in [0.29, 0.717) is 40.1 Å². The Hall–Kier alpha value is -2.88. The first-order chi connectivity index (χ1) is 17.2. The lowest BCUT2D eigenvalue weighted by molar-refractivity contribution is -0.130. The number of benzene rings is 2. The summed E-state index contributed by atoms with van der Waals surface area (Å²) in [7, 11) is 3.18. The minimum Gasteiger partial charge on any atom is -0.493 e. The molecule has 1 aliphatic rings. The number of nitrogens with zero attached hydrogens (tertiary/aromatic N) is 2. The zero-order valence-electron chi connectivity index (χ0n) is 19.9. The number of ether oxygens (including phenoxy) is 2. The monoisotopic (exact) mass is 549 g/mol. The molecule has 4 rings (SSSR count). The van der Waals surface area contributed by atoms with Gasteiger partial charge in [0, 0.05) is 13.0 Å². The SMILES string of the molecule is COc1cc2c(cc1OC)[C@@H](C)N(C(=O)CSc1nc(O)c(Cc3ccc(Cl)c(Cl)c3)c(=O)[nH]1)CC2. The summed E-state index contributed by atoms with van der Waals surface area (Å²) < 4.78 is 10.8. The third-order valence-electron chi connectivity index (χ3n) is 6.17. The van der Waals surface area contributed by atoms with Gasteiger partial charge in [-0.3, -0.25) is 9.59 Å². The lowest BCUT2D eigenvalue weighted by Gasteiger charge is -2.35. The summed E-state index contributed by atoms with van der Waals surface area (Å²) in [6.07, 6.45) is 0.823. The zero-order chi connectivity index (χ0) is 26.0. The Morgan fingerprint density at radius 1 is 1.19 bits per heavy atom. The number of rotatable bonds is 7. The third kappa shape index (κ3) is 5.43. The van der Waals surface area contributed by atoms with E-state index in [1.165, 1.54) is 0 Å². The fourth-order valence-electron chi connectivity index (χ4n) is 4.25. The van der Waals surface area contributed by atoms with Crippen LogP contribution < -0.4 is 15.0 Å². The minimum absolute atomic E-state index is 0.0570. The molecule has 0 saturated heterocycles. The number of hydrogen-bond acceptors (Lipinski definition) is 7. The van der Waals surface area contributed by atoms with Crippen LogP contribution in [0.1, 0.15) is 35.2 Å². The largest absolute Gasteiger partial charge is 0.493 e. The van der Waals surface area contributed by atoms with Crippen LogP contribution in [0.4, 0.5) is 0 Å². The molecule has 0 fully saturated rings. The number of methoxy groups -OCH3 is 2. The fraction of sp³-hybridized carbons (Fsp3) is 0.320. The zero-order valence-corrected chi connectivity index (χ0v) is 22.3. The van der Waals surface area contributed by atoms with Gasteiger partial charge in [0.25, 0.3) is 5.56 Å². The number of amides is 1. The smallest absolute Gasteiger partial charge is 0.258 e. The molecule has 0 saturated carbocycles. The van der Waals surface area contributed by atoms with Crippen LogP contribution in [-0.4, -0.2) is 52.4 Å². The van der Waals surface area contributed by atoms with E-state index in [2.05, 4.69) is 9.97 Å². The number of carbonyl (C=O) groups is 1. The number of halogens is 2. The first kappa shape index (κ1) is 26.2. The molecule has 0 bridgehead atoms. The summed E-state index contributed by atoms with van der Waals surface area (Å²) in [5.74, 6) is 0.846. The lowest BCUT2D eigenvalue weighted by atomic mass is 9.93. The Morgan fingerprint density at radius 2 is 1.92 bits per heavy atom. The van der Waals surface area contributed by atoms with Gasteiger partial charge in [0.05, 0.1) is 41.6 Å². The van der Waals surface area contributed by atoms with Crippen LogP contribution in [0.25, 0.3) is 0 Å². The van der Waals surface area contributed by atoms with Crippen molar-refractivity contribution in [1.29, 1.82) is 0 Å². The van der Waals surface area contributed by atoms with Gasteiger partial charge in [0.2, 0.25) is 11.8 Å². The van der Waals surface area contributed by atoms with Crippen molar-refractivity contribution in [3.63, 3.8) is 0 Å². The fourth-order valence-corrected chi connectivity index (χ4v) is 5.31. The lowest BCUT2D eigenvalue weighted by Crippen LogP contribution is -2.40. The highest BCUT2D eigenvalue weighted by molar-refractivity contribution is 7.99. The Morgan fingerprint density at radius 3 is 2.58 bits per heavy atom. The van der Waals surface area contributed by atoms with Crippen LogP contribution in [0.5, 0.6) is 17.4 Å². The number of carbonyl (C=O) groups excluding carboxylic acids is 1. The van der Waals surface area contributed by atoms with Gasteiger partial charge in [-0.1, -0.05) is 41.0 Å². The molecule has 0 radical (unpaired) electrons. The Balaban J connectivity index is 1.44. The van der Waals surface area contributed by atoms with Crippen molar-refractivity contribution in [2.75, 3.05) is 26.5 Å². The van der Waals surface area contributed by atoms with Crippen LogP contribution in [-0.2, 0) is 17.6 Å². The standard InChI is InChI=1S/C25H25Cl2N3O5S/c1-13-16-11-21(35-3)20(34-2)10-15(16)6-7-30(13)22(31)12-36-25-28-23(32)17(24(33)29-25)8-14-4-5-18(26)19(27)9-14/h4-5,9-11,13H,6-8,12H2,1-3H3,(H2,28,29,32,33)/t13-/m1/s1. The van der Waals surface area contributed by atoms with Crippen molar-refractivity contribution in [3.05, 3.63) is 73.0 Å². The second-order valence-electron chi connectivity index (χ2n) is 8.31. The second kappa shape index (κ2) is 11.0. The van der Waals surface area contributed by atoms with E-state index in [0.717, 1.165) is 22.9 Å². The summed E-state index contributed by atoms with van der Waals surface area (Å²) in [6.45, 7) is 2.52. The molecule has 2 N–H and O–H groups in total. The van der Waals surface area contributed by atoms with Crippen LogP contribution in [0.15, 0.2) is 40.3 Å². The molecule has 8 nitrogen and oxygen atoms in total. The Labute approximate surface area is 222 Å². The van der Waals surface area contributed by atoms with Crippen molar-refractivity contribution in [2.24, 2.45) is 0 Å². The third-order valence-corrected chi connectivity index (χ3v) is 7.77. The van der Waals surface area contributed by atoms with Gasteiger partial charge in [-0.2, -0.15) is 4.98 Å². The maximum Gasteiger partial charge on any atom is 0.258 e. The van der Waals surface area contributed by atoms with Crippen molar-refractivity contribution in [1.82, 2.24) is 14.9 Å². The van der Waals surface area contributed by atoms with Gasteiger partial charge < -0.3 is 24.5 Å². The van der Waals surface area contributed by atoms with Crippen LogP contribution in [0.2, 0.25) is 10.0 Å². The van der Waals surface area contributed by atoms with Gasteiger partial charge in [0.15, 0.2) is 16.7 Å². The second-order valence-corrected chi connectivity index (χ2v) is 10.1. The number of nitrogens with one attached hydrogen (secondary N) is 1. The molecule has 11 heteroatoms. The first-order valence-electron chi connectivity index (χ1n) is 11.1. The number of hydrogen-bond donors (Lipinski definition) is 2. The number of thioether (sulfide) groups is 1. The molecular formula is C25H25Cl2N3O5S. The van der Waals surface area contributed by atoms with Crippen LogP contribution in [0, 0.1) is 0 Å². The molecule has 0 spiro atoms. The highest BCUT2D eigenvalue weighted by Crippen LogP contribution is 2.38. The van der Waals surface area contributed by atoms with Crippen LogP contribution in [0.3, 0.4) is 0 Å². The minimum atomic E-state index is -0.482.